The van der Waals surface area contributed by atoms with Gasteiger partial charge < -0.3 is 5.11 Å². The summed E-state index contributed by atoms with van der Waals surface area (Å²) in [7, 11) is -2.39. The molecule has 0 heterocycles. The minimum Gasteiger partial charge on any atom is -0.478 e. The Hall–Kier alpha value is -1.86. The summed E-state index contributed by atoms with van der Waals surface area (Å²) < 4.78 is 26.5. The average Bonchev–Trinajstić information content (AvgIpc) is 2.47. The van der Waals surface area contributed by atoms with Crippen LogP contribution in [0.1, 0.15) is 10.4 Å². The van der Waals surface area contributed by atoms with Gasteiger partial charge in [-0.15, -0.1) is 0 Å². The second kappa shape index (κ2) is 5.87. The van der Waals surface area contributed by atoms with Gasteiger partial charge in [0, 0.05) is 11.5 Å². The molecule has 0 aliphatic carbocycles. The number of carboxylic acids is 1. The first-order chi connectivity index (χ1) is 9.84. The lowest BCUT2D eigenvalue weighted by Gasteiger charge is -2.19. The second-order valence-electron chi connectivity index (χ2n) is 4.25. The summed E-state index contributed by atoms with van der Waals surface area (Å²) >= 11 is 3.09. The van der Waals surface area contributed by atoms with Crippen molar-refractivity contribution in [3.05, 3.63) is 58.6 Å². The number of rotatable bonds is 4. The van der Waals surface area contributed by atoms with E-state index in [1.807, 2.05) is 0 Å². The average molecular weight is 370 g/mol. The second-order valence-corrected chi connectivity index (χ2v) is 7.08. The molecule has 0 unspecified atom stereocenters. The molecule has 110 valence electrons. The summed E-state index contributed by atoms with van der Waals surface area (Å²) in [5.41, 5.74) is 0.398. The minimum absolute atomic E-state index is 0.0746. The van der Waals surface area contributed by atoms with E-state index in [4.69, 9.17) is 5.11 Å². The van der Waals surface area contributed by atoms with Gasteiger partial charge in [-0.1, -0.05) is 18.2 Å². The van der Waals surface area contributed by atoms with Crippen molar-refractivity contribution in [2.24, 2.45) is 0 Å². The zero-order valence-electron chi connectivity index (χ0n) is 11.0. The van der Waals surface area contributed by atoms with E-state index in [0.29, 0.717) is 10.2 Å². The molecule has 1 N–H and O–H groups in total. The van der Waals surface area contributed by atoms with E-state index < -0.39 is 16.0 Å². The normalized spacial score (nSPS) is 11.1. The van der Waals surface area contributed by atoms with Crippen molar-refractivity contribution in [2.75, 3.05) is 11.4 Å². The molecule has 0 saturated carbocycles. The first kappa shape index (κ1) is 15.5. The summed E-state index contributed by atoms with van der Waals surface area (Å²) in [5, 5.41) is 9.07. The molecule has 21 heavy (non-hydrogen) atoms. The van der Waals surface area contributed by atoms with Crippen LogP contribution in [-0.2, 0) is 10.0 Å². The molecule has 2 rings (SSSR count). The molecular weight excluding hydrogens is 358 g/mol. The number of halogens is 1. The Morgan fingerprint density at radius 1 is 1.14 bits per heavy atom. The van der Waals surface area contributed by atoms with Gasteiger partial charge in [0.1, 0.15) is 0 Å². The number of sulfonamides is 1. The van der Waals surface area contributed by atoms with E-state index in [9.17, 15) is 13.2 Å². The van der Waals surface area contributed by atoms with Gasteiger partial charge >= 0.3 is 5.97 Å². The molecule has 0 amide bonds. The SMILES string of the molecule is CN(c1ccccc1)S(=O)(=O)c1ccc(Br)c(C(=O)O)c1. The highest BCUT2D eigenvalue weighted by atomic mass is 79.9. The van der Waals surface area contributed by atoms with Crippen LogP contribution in [0.25, 0.3) is 0 Å². The Bertz CT molecular complexity index is 775. The number of benzene rings is 2. The molecule has 0 bridgehead atoms. The van der Waals surface area contributed by atoms with Crippen molar-refractivity contribution in [1.82, 2.24) is 0 Å². The van der Waals surface area contributed by atoms with E-state index in [2.05, 4.69) is 15.9 Å². The molecule has 5 nitrogen and oxygen atoms in total. The van der Waals surface area contributed by atoms with Gasteiger partial charge in [0.2, 0.25) is 0 Å². The van der Waals surface area contributed by atoms with Crippen LogP contribution in [0.2, 0.25) is 0 Å². The van der Waals surface area contributed by atoms with Crippen LogP contribution in [0.3, 0.4) is 0 Å². The van der Waals surface area contributed by atoms with Gasteiger partial charge in [-0.25, -0.2) is 13.2 Å². The summed E-state index contributed by atoms with van der Waals surface area (Å²) in [5.74, 6) is -1.19. The predicted octanol–water partition coefficient (Wildman–Crippen LogP) is 2.97. The largest absolute Gasteiger partial charge is 0.478 e. The van der Waals surface area contributed by atoms with Crippen LogP contribution >= 0.6 is 15.9 Å². The molecular formula is C14H12BrNO4S. The van der Waals surface area contributed by atoms with E-state index in [1.54, 1.807) is 30.3 Å². The van der Waals surface area contributed by atoms with Crippen LogP contribution < -0.4 is 4.31 Å². The van der Waals surface area contributed by atoms with E-state index in [0.717, 1.165) is 10.4 Å². The minimum atomic E-state index is -3.82. The van der Waals surface area contributed by atoms with Crippen LogP contribution in [0.15, 0.2) is 57.9 Å². The van der Waals surface area contributed by atoms with Crippen LogP contribution in [0.5, 0.6) is 0 Å². The van der Waals surface area contributed by atoms with Crippen molar-refractivity contribution < 1.29 is 18.3 Å². The fourth-order valence-electron chi connectivity index (χ4n) is 1.76. The quantitative estimate of drug-likeness (QED) is 0.898. The molecule has 7 heteroatoms. The van der Waals surface area contributed by atoms with Crippen molar-refractivity contribution in [3.63, 3.8) is 0 Å². The number of carbonyl (C=O) groups is 1. The van der Waals surface area contributed by atoms with Gasteiger partial charge in [-0.3, -0.25) is 4.31 Å². The van der Waals surface area contributed by atoms with Crippen molar-refractivity contribution in [3.8, 4) is 0 Å². The highest BCUT2D eigenvalue weighted by Gasteiger charge is 2.23. The smallest absolute Gasteiger partial charge is 0.336 e. The number of carboxylic acid groups (broad SMARTS) is 1. The van der Waals surface area contributed by atoms with Crippen LogP contribution in [0, 0.1) is 0 Å². The summed E-state index contributed by atoms with van der Waals surface area (Å²) in [6.45, 7) is 0. The number of anilines is 1. The Kier molecular flexibility index (Phi) is 4.34. The molecule has 0 aromatic heterocycles. The number of hydrogen-bond acceptors (Lipinski definition) is 3. The maximum Gasteiger partial charge on any atom is 0.336 e. The molecule has 2 aromatic rings. The third-order valence-electron chi connectivity index (χ3n) is 2.95. The Balaban J connectivity index is 2.50. The number of para-hydroxylation sites is 1. The monoisotopic (exact) mass is 369 g/mol. The fraction of sp³-hybridized carbons (Fsp3) is 0.0714. The summed E-state index contributed by atoms with van der Waals surface area (Å²) in [6.07, 6.45) is 0. The number of nitrogens with zero attached hydrogens (tertiary/aromatic N) is 1. The lowest BCUT2D eigenvalue weighted by molar-refractivity contribution is 0.0695. The van der Waals surface area contributed by atoms with Gasteiger partial charge in [0.05, 0.1) is 16.1 Å². The topological polar surface area (TPSA) is 74.7 Å². The third kappa shape index (κ3) is 3.08. The number of aromatic carboxylic acids is 1. The summed E-state index contributed by atoms with van der Waals surface area (Å²) in [4.78, 5) is 11.0. The van der Waals surface area contributed by atoms with E-state index >= 15 is 0 Å². The lowest BCUT2D eigenvalue weighted by Crippen LogP contribution is -2.26. The zero-order valence-corrected chi connectivity index (χ0v) is 13.4. The number of hydrogen-bond donors (Lipinski definition) is 1. The van der Waals surface area contributed by atoms with Gasteiger partial charge in [0.15, 0.2) is 0 Å². The molecule has 0 fully saturated rings. The molecule has 0 radical (unpaired) electrons. The van der Waals surface area contributed by atoms with Crippen molar-refractivity contribution in [2.45, 2.75) is 4.90 Å². The molecule has 2 aromatic carbocycles. The van der Waals surface area contributed by atoms with Crippen LogP contribution in [-0.4, -0.2) is 26.5 Å². The van der Waals surface area contributed by atoms with E-state index in [1.165, 1.54) is 19.2 Å². The zero-order chi connectivity index (χ0) is 15.6. The predicted molar refractivity (Wildman–Crippen MR) is 83.1 cm³/mol. The Morgan fingerprint density at radius 3 is 2.33 bits per heavy atom. The molecule has 0 spiro atoms. The highest BCUT2D eigenvalue weighted by Crippen LogP contribution is 2.25. The first-order valence-corrected chi connectivity index (χ1v) is 8.14. The lowest BCUT2D eigenvalue weighted by atomic mass is 10.2. The highest BCUT2D eigenvalue weighted by molar-refractivity contribution is 9.10. The molecule has 0 atom stereocenters. The molecule has 0 aliphatic heterocycles. The summed E-state index contributed by atoms with van der Waals surface area (Å²) in [6, 6.07) is 12.5. The fourth-order valence-corrected chi connectivity index (χ4v) is 3.40. The Morgan fingerprint density at radius 2 is 1.76 bits per heavy atom. The molecule has 0 aliphatic rings. The van der Waals surface area contributed by atoms with Gasteiger partial charge in [-0.2, -0.15) is 0 Å². The molecule has 0 saturated heterocycles. The van der Waals surface area contributed by atoms with Gasteiger partial charge in [-0.05, 0) is 46.3 Å². The van der Waals surface area contributed by atoms with Crippen LogP contribution in [0.4, 0.5) is 5.69 Å². The van der Waals surface area contributed by atoms with Crippen molar-refractivity contribution in [1.29, 1.82) is 0 Å². The Labute approximate surface area is 131 Å². The standard InChI is InChI=1S/C14H12BrNO4S/c1-16(10-5-3-2-4-6-10)21(19,20)11-7-8-13(15)12(9-11)14(17)18/h2-9H,1H3,(H,17,18). The third-order valence-corrected chi connectivity index (χ3v) is 5.42. The van der Waals surface area contributed by atoms with Crippen molar-refractivity contribution >= 4 is 37.6 Å². The maximum atomic E-state index is 12.5. The van der Waals surface area contributed by atoms with E-state index in [-0.39, 0.29) is 10.5 Å². The maximum absolute atomic E-state index is 12.5. The van der Waals surface area contributed by atoms with Gasteiger partial charge in [0.25, 0.3) is 10.0 Å². The first-order valence-electron chi connectivity index (χ1n) is 5.91.